The van der Waals surface area contributed by atoms with Crippen LogP contribution in [-0.2, 0) is 38.4 Å². The first-order chi connectivity index (χ1) is 30.5. The van der Waals surface area contributed by atoms with Crippen LogP contribution in [0.25, 0.3) is 27.7 Å². The van der Waals surface area contributed by atoms with Crippen molar-refractivity contribution < 1.29 is 49.1 Å². The average molecular weight is 905 g/mol. The Morgan fingerprint density at radius 3 is 2.25 bits per heavy atom. The van der Waals surface area contributed by atoms with Crippen LogP contribution in [0.1, 0.15) is 76.8 Å². The smallest absolute Gasteiger partial charge is 0.293 e. The van der Waals surface area contributed by atoms with Crippen LogP contribution < -0.4 is 10.9 Å². The molecule has 0 spiro atoms. The van der Waals surface area contributed by atoms with E-state index < -0.39 is 87.7 Å². The molecule has 3 atom stereocenters. The summed E-state index contributed by atoms with van der Waals surface area (Å²) in [6.07, 6.45) is -3.33. The molecule has 9 rings (SSSR count). The molecule has 4 aromatic carbocycles. The van der Waals surface area contributed by atoms with Crippen molar-refractivity contribution in [3.63, 3.8) is 0 Å². The second kappa shape index (κ2) is 16.4. The normalized spacial score (nSPS) is 18.5. The van der Waals surface area contributed by atoms with Gasteiger partial charge in [0.05, 0.1) is 40.7 Å². The van der Waals surface area contributed by atoms with Gasteiger partial charge in [-0.05, 0) is 77.6 Å². The number of carbonyl (C=O) groups excluding carboxylic acids is 2. The van der Waals surface area contributed by atoms with Crippen LogP contribution >= 0.6 is 0 Å². The third-order valence-corrected chi connectivity index (χ3v) is 13.8. The van der Waals surface area contributed by atoms with Crippen molar-refractivity contribution in [2.24, 2.45) is 5.92 Å². The van der Waals surface area contributed by atoms with Crippen molar-refractivity contribution in [1.29, 1.82) is 0 Å². The van der Waals surface area contributed by atoms with Gasteiger partial charge in [-0.25, -0.2) is 31.0 Å². The Morgan fingerprint density at radius 1 is 0.922 bits per heavy atom. The number of Topliss-reactive ketones (excluding diaryl/α,β-unsaturated/α-hetero) is 1. The lowest BCUT2D eigenvalue weighted by Crippen LogP contribution is -2.40. The number of fused-ring (bicyclic) bond motifs is 4. The summed E-state index contributed by atoms with van der Waals surface area (Å²) in [5, 5.41) is 6.48. The van der Waals surface area contributed by atoms with Crippen molar-refractivity contribution >= 4 is 32.6 Å². The van der Waals surface area contributed by atoms with Crippen LogP contribution in [0.15, 0.2) is 94.6 Å². The Morgan fingerprint density at radius 2 is 1.59 bits per heavy atom. The highest BCUT2D eigenvalue weighted by Crippen LogP contribution is 2.68. The Balaban J connectivity index is 1.17. The summed E-state index contributed by atoms with van der Waals surface area (Å²) < 4.78 is 124. The molecule has 1 aliphatic heterocycles. The van der Waals surface area contributed by atoms with Gasteiger partial charge in [-0.2, -0.15) is 18.2 Å². The number of benzene rings is 4. The van der Waals surface area contributed by atoms with E-state index in [0.717, 1.165) is 16.7 Å². The van der Waals surface area contributed by atoms with E-state index in [1.807, 2.05) is 0 Å². The fraction of sp³-hybridized carbons (Fsp3) is 0.311. The van der Waals surface area contributed by atoms with Gasteiger partial charge in [-0.3, -0.25) is 23.6 Å². The van der Waals surface area contributed by atoms with Gasteiger partial charge in [0, 0.05) is 49.0 Å². The van der Waals surface area contributed by atoms with Crippen molar-refractivity contribution in [2.45, 2.75) is 61.9 Å². The van der Waals surface area contributed by atoms with E-state index in [1.165, 1.54) is 34.6 Å². The summed E-state index contributed by atoms with van der Waals surface area (Å²) in [7, 11) is -3.99. The molecule has 332 valence electrons. The van der Waals surface area contributed by atoms with Crippen molar-refractivity contribution in [1.82, 2.24) is 29.0 Å². The number of ketones is 1. The first kappa shape index (κ1) is 43.1. The third kappa shape index (κ3) is 7.78. The molecule has 3 aliphatic rings. The molecular weight excluding hydrogens is 867 g/mol. The van der Waals surface area contributed by atoms with Crippen molar-refractivity contribution in [2.75, 3.05) is 26.3 Å². The highest BCUT2D eigenvalue weighted by molar-refractivity contribution is 7.89. The number of hydrogen-bond donors (Lipinski definition) is 1. The number of aromatic nitrogens is 4. The minimum absolute atomic E-state index is 0.000715. The van der Waals surface area contributed by atoms with Gasteiger partial charge in [0.2, 0.25) is 15.9 Å². The number of sulfonamides is 1. The number of morpholine rings is 1. The quantitative estimate of drug-likeness (QED) is 0.0934. The van der Waals surface area contributed by atoms with Crippen LogP contribution in [0.2, 0.25) is 0 Å². The third-order valence-electron chi connectivity index (χ3n) is 11.9. The molecule has 2 aliphatic carbocycles. The first-order valence-electron chi connectivity index (χ1n) is 20.4. The molecule has 1 amide bonds. The van der Waals surface area contributed by atoms with Crippen LogP contribution in [-0.4, -0.2) is 70.0 Å². The van der Waals surface area contributed by atoms with E-state index >= 15 is 8.78 Å². The van der Waals surface area contributed by atoms with E-state index in [2.05, 4.69) is 10.4 Å². The topological polar surface area (TPSA) is 145 Å². The lowest BCUT2D eigenvalue weighted by atomic mass is 10.00. The van der Waals surface area contributed by atoms with Crippen LogP contribution in [0, 0.1) is 17.6 Å². The minimum Gasteiger partial charge on any atom is -0.379 e. The Bertz CT molecular complexity index is 2990. The highest BCUT2D eigenvalue weighted by atomic mass is 32.2. The summed E-state index contributed by atoms with van der Waals surface area (Å²) in [5.41, 5.74) is -0.717. The molecule has 64 heavy (non-hydrogen) atoms. The number of hydrogen-bond acceptors (Lipinski definition) is 8. The molecule has 0 bridgehead atoms. The van der Waals surface area contributed by atoms with Gasteiger partial charge >= 0.3 is 0 Å². The predicted octanol–water partition coefficient (Wildman–Crippen LogP) is 7.39. The maximum Gasteiger partial charge on any atom is 0.293 e. The maximum atomic E-state index is 15.5. The zero-order chi connectivity index (χ0) is 45.2. The molecule has 0 unspecified atom stereocenters. The number of nitrogens with one attached hydrogen (secondary N) is 1. The van der Waals surface area contributed by atoms with Gasteiger partial charge in [0.15, 0.2) is 5.78 Å². The Labute approximate surface area is 361 Å². The van der Waals surface area contributed by atoms with Gasteiger partial charge in [-0.15, -0.1) is 0 Å². The standard InChI is InChI=1S/C45H38F6N6O6S/c1-2-37(58)26-5-3-25(4-6-26)27-7-12-32-35(20-27)53-43(57(44(32)60)30-8-10-31(11-9-30)64(61,62)55-13-15-63-16-14-55)36(19-24-17-28(46)21-29(47)18-24)52-38(59)23-56-41-39(40(54-56)42(48)49)33-22-34(33)45(41,50)51/h3-12,17-18,20-21,33-34,36,42H,2,13-16,19,22-23H2,1H3,(H,52,59)/t33-,34+,36+/m1/s1. The molecule has 1 saturated heterocycles. The molecular formula is C45H38F6N6O6S. The largest absolute Gasteiger partial charge is 0.379 e. The molecule has 1 saturated carbocycles. The van der Waals surface area contributed by atoms with E-state index in [-0.39, 0.29) is 76.9 Å². The maximum absolute atomic E-state index is 15.5. The summed E-state index contributed by atoms with van der Waals surface area (Å²) >= 11 is 0. The molecule has 0 radical (unpaired) electrons. The number of alkyl halides is 4. The van der Waals surface area contributed by atoms with E-state index in [9.17, 15) is 40.4 Å². The number of rotatable bonds is 13. The minimum atomic E-state index is -3.99. The van der Waals surface area contributed by atoms with Gasteiger partial charge in [0.25, 0.3) is 17.9 Å². The van der Waals surface area contributed by atoms with Crippen LogP contribution in [0.5, 0.6) is 0 Å². The first-order valence-corrected chi connectivity index (χ1v) is 21.9. The van der Waals surface area contributed by atoms with Gasteiger partial charge < -0.3 is 10.1 Å². The van der Waals surface area contributed by atoms with Crippen molar-refractivity contribution in [3.05, 3.63) is 141 Å². The molecule has 6 aromatic rings. The van der Waals surface area contributed by atoms with E-state index in [0.29, 0.717) is 33.9 Å². The number of ether oxygens (including phenoxy) is 1. The molecule has 1 N–H and O–H groups in total. The lowest BCUT2D eigenvalue weighted by molar-refractivity contribution is -0.123. The van der Waals surface area contributed by atoms with Crippen LogP contribution in [0.3, 0.4) is 0 Å². The van der Waals surface area contributed by atoms with Crippen LogP contribution in [0.4, 0.5) is 26.3 Å². The van der Waals surface area contributed by atoms with Gasteiger partial charge in [-0.1, -0.05) is 37.3 Å². The molecule has 3 heterocycles. The molecule has 12 nitrogen and oxygen atoms in total. The number of nitrogens with zero attached hydrogens (tertiary/aromatic N) is 5. The number of carbonyl (C=O) groups is 2. The average Bonchev–Trinajstić information content (AvgIpc) is 3.94. The summed E-state index contributed by atoms with van der Waals surface area (Å²) in [6.45, 7) is 1.42. The summed E-state index contributed by atoms with van der Waals surface area (Å²) in [5.74, 6) is -8.81. The second-order valence-corrected chi connectivity index (χ2v) is 17.9. The molecule has 2 aromatic heterocycles. The Kier molecular flexibility index (Phi) is 11.1. The number of amides is 1. The monoisotopic (exact) mass is 904 g/mol. The summed E-state index contributed by atoms with van der Waals surface area (Å²) in [6, 6.07) is 17.9. The zero-order valence-electron chi connectivity index (χ0n) is 33.9. The zero-order valence-corrected chi connectivity index (χ0v) is 34.7. The highest BCUT2D eigenvalue weighted by Gasteiger charge is 2.67. The lowest BCUT2D eigenvalue weighted by Gasteiger charge is -2.26. The SMILES string of the molecule is CCC(=O)c1ccc(-c2ccc3c(=O)n(-c4ccc(S(=O)(=O)N5CCOCC5)cc4)c([C@H](Cc4cc(F)cc(F)c4)NC(=O)Cn4nc(C(F)F)c5c4C(F)(F)[C@H]4C[C@@H]54)nc3c2)cc1. The van der Waals surface area contributed by atoms with Gasteiger partial charge in [0.1, 0.15) is 35.4 Å². The van der Waals surface area contributed by atoms with E-state index in [4.69, 9.17) is 9.72 Å². The van der Waals surface area contributed by atoms with Crippen molar-refractivity contribution in [3.8, 4) is 16.8 Å². The molecule has 19 heteroatoms. The second-order valence-electron chi connectivity index (χ2n) is 16.0. The van der Waals surface area contributed by atoms with E-state index in [1.54, 1.807) is 43.3 Å². The fourth-order valence-corrected chi connectivity index (χ4v) is 10.2. The fourth-order valence-electron chi connectivity index (χ4n) is 8.75. The summed E-state index contributed by atoms with van der Waals surface area (Å²) in [4.78, 5) is 45.9. The number of halogens is 6. The Hall–Kier alpha value is -6.18. The molecule has 2 fully saturated rings. The predicted molar refractivity (Wildman–Crippen MR) is 220 cm³/mol.